The van der Waals surface area contributed by atoms with Crippen LogP contribution in [-0.2, 0) is 32.3 Å². The zero-order valence-corrected chi connectivity index (χ0v) is 21.2. The molecule has 1 amide bonds. The van der Waals surface area contributed by atoms with Crippen molar-refractivity contribution in [2.45, 2.75) is 50.3 Å². The lowest BCUT2D eigenvalue weighted by atomic mass is 9.88. The number of alkyl halides is 6. The summed E-state index contributed by atoms with van der Waals surface area (Å²) in [6.07, 6.45) is -5.86. The molecule has 1 spiro atoms. The summed E-state index contributed by atoms with van der Waals surface area (Å²) in [4.78, 5) is 46.8. The molecular weight excluding hydrogens is 576 g/mol. The molecule has 220 valence electrons. The second-order valence-electron chi connectivity index (χ2n) is 8.39. The molecule has 0 saturated carbocycles. The lowest BCUT2D eigenvalue weighted by molar-refractivity contribution is -0.193. The lowest BCUT2D eigenvalue weighted by Crippen LogP contribution is -2.48. The highest BCUT2D eigenvalue weighted by Crippen LogP contribution is 2.34. The topological polar surface area (TPSA) is 154 Å². The molecular formula is C22H23F6N5O6S. The van der Waals surface area contributed by atoms with Crippen molar-refractivity contribution in [2.24, 2.45) is 5.16 Å². The van der Waals surface area contributed by atoms with Gasteiger partial charge in [0.15, 0.2) is 5.60 Å². The molecule has 2 aromatic heterocycles. The molecule has 1 unspecified atom stereocenters. The molecule has 18 heteroatoms. The van der Waals surface area contributed by atoms with Crippen molar-refractivity contribution in [2.75, 3.05) is 13.1 Å². The summed E-state index contributed by atoms with van der Waals surface area (Å²) in [6, 6.07) is 5.96. The van der Waals surface area contributed by atoms with Crippen LogP contribution in [0.25, 0.3) is 0 Å². The number of aromatic nitrogens is 2. The van der Waals surface area contributed by atoms with Crippen LogP contribution in [-0.4, -0.2) is 79.7 Å². The van der Waals surface area contributed by atoms with E-state index < -0.39 is 24.3 Å². The number of nitrogens with zero attached hydrogens (tertiary/aromatic N) is 4. The highest BCUT2D eigenvalue weighted by molar-refractivity contribution is 7.07. The Balaban J connectivity index is 0.000000333. The summed E-state index contributed by atoms with van der Waals surface area (Å²) in [5, 5.41) is 23.1. The minimum Gasteiger partial charge on any atom is -0.475 e. The number of carboxylic acid groups (broad SMARTS) is 2. The number of carbonyl (C=O) groups is 3. The van der Waals surface area contributed by atoms with Gasteiger partial charge in [0.25, 0.3) is 5.91 Å². The van der Waals surface area contributed by atoms with Crippen LogP contribution < -0.4 is 5.32 Å². The molecule has 0 aliphatic carbocycles. The Morgan fingerprint density at radius 2 is 1.70 bits per heavy atom. The Kier molecular flexibility index (Phi) is 11.4. The minimum atomic E-state index is -5.08. The van der Waals surface area contributed by atoms with Gasteiger partial charge in [0.2, 0.25) is 0 Å². The Bertz CT molecular complexity index is 1140. The van der Waals surface area contributed by atoms with Crippen molar-refractivity contribution >= 4 is 34.9 Å². The van der Waals surface area contributed by atoms with E-state index in [0.717, 1.165) is 43.9 Å². The molecule has 2 aliphatic rings. The fourth-order valence-electron chi connectivity index (χ4n) is 3.51. The number of carboxylic acids is 2. The number of piperidine rings is 1. The van der Waals surface area contributed by atoms with Crippen LogP contribution in [0.5, 0.6) is 0 Å². The van der Waals surface area contributed by atoms with Gasteiger partial charge in [-0.15, -0.1) is 11.3 Å². The number of aliphatic carboxylic acids is 2. The Morgan fingerprint density at radius 1 is 1.05 bits per heavy atom. The fourth-order valence-corrected chi connectivity index (χ4v) is 4.06. The van der Waals surface area contributed by atoms with E-state index in [1.165, 1.54) is 11.3 Å². The highest BCUT2D eigenvalue weighted by Gasteiger charge is 2.44. The number of rotatable bonds is 5. The predicted octanol–water partition coefficient (Wildman–Crippen LogP) is 3.23. The number of hydrogen-bond acceptors (Lipinski definition) is 9. The summed E-state index contributed by atoms with van der Waals surface area (Å²) in [5.41, 5.74) is 3.74. The van der Waals surface area contributed by atoms with Gasteiger partial charge in [-0.3, -0.25) is 14.7 Å². The maximum absolute atomic E-state index is 12.4. The lowest BCUT2D eigenvalue weighted by Gasteiger charge is -2.38. The van der Waals surface area contributed by atoms with E-state index in [9.17, 15) is 31.1 Å². The van der Waals surface area contributed by atoms with Crippen molar-refractivity contribution in [1.29, 1.82) is 0 Å². The van der Waals surface area contributed by atoms with Gasteiger partial charge in [0.1, 0.15) is 5.71 Å². The van der Waals surface area contributed by atoms with Crippen LogP contribution in [0.4, 0.5) is 26.3 Å². The Labute approximate surface area is 226 Å². The molecule has 1 fully saturated rings. The summed E-state index contributed by atoms with van der Waals surface area (Å²) in [5.74, 6) is -5.68. The van der Waals surface area contributed by atoms with Crippen LogP contribution in [0.2, 0.25) is 0 Å². The van der Waals surface area contributed by atoms with E-state index in [-0.39, 0.29) is 11.5 Å². The van der Waals surface area contributed by atoms with Crippen LogP contribution in [0.3, 0.4) is 0 Å². The van der Waals surface area contributed by atoms with Crippen molar-refractivity contribution in [3.05, 3.63) is 46.7 Å². The molecule has 4 heterocycles. The first-order valence-corrected chi connectivity index (χ1v) is 12.2. The van der Waals surface area contributed by atoms with Gasteiger partial charge in [-0.05, 0) is 31.5 Å². The first kappa shape index (κ1) is 32.4. The molecule has 1 saturated heterocycles. The molecule has 0 aromatic carbocycles. The van der Waals surface area contributed by atoms with Crippen LogP contribution >= 0.6 is 11.3 Å². The van der Waals surface area contributed by atoms with E-state index in [4.69, 9.17) is 24.6 Å². The van der Waals surface area contributed by atoms with Crippen molar-refractivity contribution in [3.63, 3.8) is 0 Å². The number of amides is 1. The number of oxime groups is 1. The smallest absolute Gasteiger partial charge is 0.475 e. The molecule has 40 heavy (non-hydrogen) atoms. The van der Waals surface area contributed by atoms with E-state index >= 15 is 0 Å². The van der Waals surface area contributed by atoms with Crippen LogP contribution in [0.1, 0.15) is 30.7 Å². The maximum Gasteiger partial charge on any atom is 0.490 e. The summed E-state index contributed by atoms with van der Waals surface area (Å²) in [7, 11) is 0. The minimum absolute atomic E-state index is 0.170. The van der Waals surface area contributed by atoms with Gasteiger partial charge in [-0.1, -0.05) is 11.2 Å². The van der Waals surface area contributed by atoms with E-state index in [2.05, 4.69) is 25.3 Å². The van der Waals surface area contributed by atoms with Gasteiger partial charge in [0, 0.05) is 31.1 Å². The van der Waals surface area contributed by atoms with Gasteiger partial charge in [-0.2, -0.15) is 26.3 Å². The molecule has 11 nitrogen and oxygen atoms in total. The maximum atomic E-state index is 12.4. The zero-order chi connectivity index (χ0) is 30.0. The predicted molar refractivity (Wildman–Crippen MR) is 126 cm³/mol. The van der Waals surface area contributed by atoms with E-state index in [1.807, 2.05) is 29.8 Å². The Morgan fingerprint density at radius 3 is 2.23 bits per heavy atom. The average Bonchev–Trinajstić information content (AvgIpc) is 3.53. The molecule has 1 atom stereocenters. The summed E-state index contributed by atoms with van der Waals surface area (Å²) < 4.78 is 63.5. The SMILES string of the molecule is O=C(NCc1cscn1)C1=NOC2(CCCN(Cc3ccccn3)C2)C1.O=C(O)C(F)(F)F.O=C(O)C(F)(F)F. The van der Waals surface area contributed by atoms with Crippen molar-refractivity contribution < 1.29 is 55.8 Å². The number of nitrogens with one attached hydrogen (secondary N) is 1. The number of likely N-dealkylation sites (tertiary alicyclic amines) is 1. The number of thiazole rings is 1. The van der Waals surface area contributed by atoms with Gasteiger partial charge < -0.3 is 20.4 Å². The van der Waals surface area contributed by atoms with Crippen LogP contribution in [0, 0.1) is 0 Å². The summed E-state index contributed by atoms with van der Waals surface area (Å²) >= 11 is 1.51. The molecule has 2 aromatic rings. The second-order valence-corrected chi connectivity index (χ2v) is 9.11. The zero-order valence-electron chi connectivity index (χ0n) is 20.4. The third kappa shape index (κ3) is 10.8. The average molecular weight is 600 g/mol. The molecule has 0 radical (unpaired) electrons. The number of hydrogen-bond donors (Lipinski definition) is 3. The highest BCUT2D eigenvalue weighted by atomic mass is 32.1. The summed E-state index contributed by atoms with van der Waals surface area (Å²) in [6.45, 7) is 2.97. The molecule has 2 aliphatic heterocycles. The standard InChI is InChI=1S/C18H21N5O2S.2C2HF3O2/c24-17(20-9-15-11-26-13-21-15)16-8-18(25-22-16)5-3-7-23(12-18)10-14-4-1-2-6-19-14;2*3-2(4,5)1(6)7/h1-2,4,6,11,13H,3,5,7-10,12H2,(H,20,24);2*(H,6,7). The van der Waals surface area contributed by atoms with Gasteiger partial charge in [0.05, 0.1) is 23.4 Å². The van der Waals surface area contributed by atoms with Crippen LogP contribution in [0.15, 0.2) is 40.4 Å². The van der Waals surface area contributed by atoms with E-state index in [1.54, 1.807) is 5.51 Å². The normalized spacial score (nSPS) is 18.8. The number of carbonyl (C=O) groups excluding carboxylic acids is 1. The fraction of sp³-hybridized carbons (Fsp3) is 0.455. The largest absolute Gasteiger partial charge is 0.490 e. The first-order chi connectivity index (χ1) is 18.6. The van der Waals surface area contributed by atoms with Crippen molar-refractivity contribution in [1.82, 2.24) is 20.2 Å². The van der Waals surface area contributed by atoms with Gasteiger partial charge >= 0.3 is 24.3 Å². The third-order valence-corrected chi connectivity index (χ3v) is 5.87. The number of pyridine rings is 1. The molecule has 4 rings (SSSR count). The first-order valence-electron chi connectivity index (χ1n) is 11.2. The second kappa shape index (κ2) is 14.0. The monoisotopic (exact) mass is 599 g/mol. The van der Waals surface area contributed by atoms with Gasteiger partial charge in [-0.25, -0.2) is 14.6 Å². The quantitative estimate of drug-likeness (QED) is 0.440. The molecule has 3 N–H and O–H groups in total. The Hall–Kier alpha value is -3.80. The number of halogens is 6. The molecule has 0 bridgehead atoms. The van der Waals surface area contributed by atoms with Crippen molar-refractivity contribution in [3.8, 4) is 0 Å². The van der Waals surface area contributed by atoms with E-state index in [0.29, 0.717) is 18.7 Å². The third-order valence-electron chi connectivity index (χ3n) is 5.23.